The predicted octanol–water partition coefficient (Wildman–Crippen LogP) is 3.75. The molecule has 0 spiro atoms. The molecule has 0 bridgehead atoms. The number of thioether (sulfide) groups is 2. The van der Waals surface area contributed by atoms with Gasteiger partial charge in [0.2, 0.25) is 0 Å². The van der Waals surface area contributed by atoms with Crippen molar-refractivity contribution >= 4 is 23.5 Å². The number of rotatable bonds is 4. The van der Waals surface area contributed by atoms with Crippen LogP contribution in [-0.4, -0.2) is 29.1 Å². The molecule has 1 aromatic carbocycles. The normalized spacial score (nSPS) is 25.9. The van der Waals surface area contributed by atoms with Crippen LogP contribution in [0, 0.1) is 0 Å². The van der Waals surface area contributed by atoms with Gasteiger partial charge < -0.3 is 5.32 Å². The van der Waals surface area contributed by atoms with Crippen LogP contribution >= 0.6 is 23.5 Å². The van der Waals surface area contributed by atoms with E-state index < -0.39 is 0 Å². The molecule has 1 heterocycles. The SMILES string of the molecule is CCc1ccc(C(NC)C2SCCSC2C)cc1. The molecule has 1 aromatic rings. The summed E-state index contributed by atoms with van der Waals surface area (Å²) in [6.07, 6.45) is 1.12. The maximum absolute atomic E-state index is 3.52. The van der Waals surface area contributed by atoms with Crippen molar-refractivity contribution in [1.82, 2.24) is 5.32 Å². The second-order valence-electron chi connectivity index (χ2n) is 4.77. The van der Waals surface area contributed by atoms with Gasteiger partial charge in [0.1, 0.15) is 0 Å². The lowest BCUT2D eigenvalue weighted by Gasteiger charge is -2.34. The third-order valence-electron chi connectivity index (χ3n) is 3.62. The Bertz CT molecular complexity index is 363. The average Bonchev–Trinajstić information content (AvgIpc) is 2.42. The number of benzene rings is 1. The zero-order chi connectivity index (χ0) is 13.0. The lowest BCUT2D eigenvalue weighted by molar-refractivity contribution is 0.560. The summed E-state index contributed by atoms with van der Waals surface area (Å²) < 4.78 is 0. The Morgan fingerprint density at radius 2 is 1.89 bits per heavy atom. The van der Waals surface area contributed by atoms with E-state index in [-0.39, 0.29) is 0 Å². The predicted molar refractivity (Wildman–Crippen MR) is 85.8 cm³/mol. The van der Waals surface area contributed by atoms with Gasteiger partial charge in [0.25, 0.3) is 0 Å². The highest BCUT2D eigenvalue weighted by Crippen LogP contribution is 2.38. The summed E-state index contributed by atoms with van der Waals surface area (Å²) in [5.41, 5.74) is 2.86. The third kappa shape index (κ3) is 3.25. The minimum Gasteiger partial charge on any atom is -0.312 e. The van der Waals surface area contributed by atoms with Crippen molar-refractivity contribution in [2.75, 3.05) is 18.6 Å². The second-order valence-corrected chi connectivity index (χ2v) is 7.54. The lowest BCUT2D eigenvalue weighted by Crippen LogP contribution is -2.36. The van der Waals surface area contributed by atoms with Gasteiger partial charge in [0.05, 0.1) is 0 Å². The summed E-state index contributed by atoms with van der Waals surface area (Å²) in [5.74, 6) is 2.58. The number of hydrogen-bond donors (Lipinski definition) is 1. The molecule has 0 radical (unpaired) electrons. The fourth-order valence-corrected chi connectivity index (χ4v) is 5.49. The quantitative estimate of drug-likeness (QED) is 0.903. The smallest absolute Gasteiger partial charge is 0.0448 e. The minimum atomic E-state index is 0.476. The van der Waals surface area contributed by atoms with Crippen LogP contribution in [0.2, 0.25) is 0 Å². The van der Waals surface area contributed by atoms with Crippen LogP contribution in [0.25, 0.3) is 0 Å². The molecule has 0 aromatic heterocycles. The van der Waals surface area contributed by atoms with Gasteiger partial charge in [-0.05, 0) is 24.6 Å². The molecule has 0 amide bonds. The molecule has 1 N–H and O–H groups in total. The van der Waals surface area contributed by atoms with Gasteiger partial charge in [-0.2, -0.15) is 23.5 Å². The summed E-state index contributed by atoms with van der Waals surface area (Å²) in [5, 5.41) is 4.93. The van der Waals surface area contributed by atoms with Crippen LogP contribution in [0.3, 0.4) is 0 Å². The molecule has 0 aliphatic carbocycles. The average molecular weight is 281 g/mol. The van der Waals surface area contributed by atoms with E-state index >= 15 is 0 Å². The Morgan fingerprint density at radius 3 is 2.44 bits per heavy atom. The Hall–Kier alpha value is -0.120. The van der Waals surface area contributed by atoms with Gasteiger partial charge >= 0.3 is 0 Å². The van der Waals surface area contributed by atoms with Crippen molar-refractivity contribution in [2.24, 2.45) is 0 Å². The first-order valence-electron chi connectivity index (χ1n) is 6.75. The zero-order valence-corrected chi connectivity index (χ0v) is 13.1. The van der Waals surface area contributed by atoms with Gasteiger partial charge in [-0.15, -0.1) is 0 Å². The van der Waals surface area contributed by atoms with Crippen molar-refractivity contribution in [2.45, 2.75) is 36.8 Å². The van der Waals surface area contributed by atoms with Crippen molar-refractivity contribution in [3.8, 4) is 0 Å². The second kappa shape index (κ2) is 6.88. The molecule has 1 fully saturated rings. The molecule has 1 aliphatic heterocycles. The molecule has 3 unspecified atom stereocenters. The Morgan fingerprint density at radius 1 is 1.22 bits per heavy atom. The zero-order valence-electron chi connectivity index (χ0n) is 11.5. The van der Waals surface area contributed by atoms with Crippen LogP contribution in [0.15, 0.2) is 24.3 Å². The number of nitrogens with one attached hydrogen (secondary N) is 1. The molecule has 1 aliphatic rings. The van der Waals surface area contributed by atoms with Crippen molar-refractivity contribution in [3.05, 3.63) is 35.4 Å². The van der Waals surface area contributed by atoms with E-state index in [0.717, 1.165) is 11.7 Å². The van der Waals surface area contributed by atoms with Gasteiger partial charge in [0, 0.05) is 28.0 Å². The lowest BCUT2D eigenvalue weighted by atomic mass is 10.00. The molecule has 3 heteroatoms. The highest BCUT2D eigenvalue weighted by molar-refractivity contribution is 8.07. The molecular formula is C15H23NS2. The Balaban J connectivity index is 2.15. The molecule has 2 rings (SSSR count). The maximum atomic E-state index is 3.52. The van der Waals surface area contributed by atoms with Crippen LogP contribution in [0.4, 0.5) is 0 Å². The summed E-state index contributed by atoms with van der Waals surface area (Å²) in [6.45, 7) is 4.58. The minimum absolute atomic E-state index is 0.476. The summed E-state index contributed by atoms with van der Waals surface area (Å²) >= 11 is 4.24. The van der Waals surface area contributed by atoms with Gasteiger partial charge in [-0.25, -0.2) is 0 Å². The van der Waals surface area contributed by atoms with Crippen LogP contribution in [-0.2, 0) is 6.42 Å². The monoisotopic (exact) mass is 281 g/mol. The van der Waals surface area contributed by atoms with Crippen molar-refractivity contribution in [3.63, 3.8) is 0 Å². The van der Waals surface area contributed by atoms with Gasteiger partial charge in [-0.1, -0.05) is 38.1 Å². The van der Waals surface area contributed by atoms with Crippen LogP contribution in [0.1, 0.15) is 31.0 Å². The third-order valence-corrected chi connectivity index (χ3v) is 6.82. The van der Waals surface area contributed by atoms with E-state index in [1.165, 1.54) is 22.6 Å². The van der Waals surface area contributed by atoms with E-state index in [4.69, 9.17) is 0 Å². The maximum Gasteiger partial charge on any atom is 0.0448 e. The fraction of sp³-hybridized carbons (Fsp3) is 0.600. The Labute approximate surface area is 120 Å². The highest BCUT2D eigenvalue weighted by atomic mass is 32.2. The fourth-order valence-electron chi connectivity index (χ4n) is 2.50. The van der Waals surface area contributed by atoms with Gasteiger partial charge in [-0.3, -0.25) is 0 Å². The van der Waals surface area contributed by atoms with E-state index in [2.05, 4.69) is 74.0 Å². The van der Waals surface area contributed by atoms with E-state index in [9.17, 15) is 0 Å². The molecule has 0 saturated carbocycles. The summed E-state index contributed by atoms with van der Waals surface area (Å²) in [6, 6.07) is 9.61. The highest BCUT2D eigenvalue weighted by Gasteiger charge is 2.30. The van der Waals surface area contributed by atoms with E-state index in [1.54, 1.807) is 0 Å². The molecule has 3 atom stereocenters. The van der Waals surface area contributed by atoms with E-state index in [0.29, 0.717) is 11.3 Å². The number of hydrogen-bond acceptors (Lipinski definition) is 3. The molecule has 1 saturated heterocycles. The summed E-state index contributed by atoms with van der Waals surface area (Å²) in [7, 11) is 2.09. The summed E-state index contributed by atoms with van der Waals surface area (Å²) in [4.78, 5) is 0. The van der Waals surface area contributed by atoms with Crippen molar-refractivity contribution < 1.29 is 0 Å². The first-order valence-corrected chi connectivity index (χ1v) is 8.85. The number of aryl methyl sites for hydroxylation is 1. The van der Waals surface area contributed by atoms with Gasteiger partial charge in [0.15, 0.2) is 0 Å². The molecule has 100 valence electrons. The molecular weight excluding hydrogens is 258 g/mol. The molecule has 18 heavy (non-hydrogen) atoms. The van der Waals surface area contributed by atoms with Crippen LogP contribution < -0.4 is 5.32 Å². The van der Waals surface area contributed by atoms with E-state index in [1.807, 2.05) is 0 Å². The van der Waals surface area contributed by atoms with Crippen molar-refractivity contribution in [1.29, 1.82) is 0 Å². The molecule has 1 nitrogen and oxygen atoms in total. The first kappa shape index (κ1) is 14.3. The Kier molecular flexibility index (Phi) is 5.46. The topological polar surface area (TPSA) is 12.0 Å². The van der Waals surface area contributed by atoms with Crippen LogP contribution in [0.5, 0.6) is 0 Å². The first-order chi connectivity index (χ1) is 8.76. The largest absolute Gasteiger partial charge is 0.312 e. The standard InChI is InChI=1S/C15H23NS2/c1-4-12-5-7-13(8-6-12)14(16-3)15-11(2)17-9-10-18-15/h5-8,11,14-16H,4,9-10H2,1-3H3.